The summed E-state index contributed by atoms with van der Waals surface area (Å²) < 4.78 is 35.6. The molecule has 1 N–H and O–H groups in total. The van der Waals surface area contributed by atoms with E-state index in [1.54, 1.807) is 30.3 Å². The number of ether oxygens (including phenoxy) is 1. The Hall–Kier alpha value is -3.86. The zero-order valence-corrected chi connectivity index (χ0v) is 29.9. The number of benzene rings is 4. The minimum absolute atomic E-state index is 0.0209. The lowest BCUT2D eigenvalue weighted by Crippen LogP contribution is -2.55. The first-order valence-corrected chi connectivity index (χ1v) is 18.6. The predicted octanol–water partition coefficient (Wildman–Crippen LogP) is 7.40. The third-order valence-electron chi connectivity index (χ3n) is 8.51. The number of carbonyl (C=O) groups is 2. The third kappa shape index (κ3) is 9.18. The van der Waals surface area contributed by atoms with Crippen LogP contribution in [0.5, 0.6) is 5.75 Å². The van der Waals surface area contributed by atoms with Crippen molar-refractivity contribution in [3.63, 3.8) is 0 Å². The van der Waals surface area contributed by atoms with Crippen LogP contribution in [0.4, 0.5) is 5.69 Å². The molecule has 0 heterocycles. The first-order valence-electron chi connectivity index (χ1n) is 15.9. The normalized spacial score (nSPS) is 14.1. The second-order valence-corrected chi connectivity index (χ2v) is 15.1. The Morgan fingerprint density at radius 2 is 1.58 bits per heavy atom. The van der Waals surface area contributed by atoms with Gasteiger partial charge >= 0.3 is 0 Å². The van der Waals surface area contributed by atoms with Crippen molar-refractivity contribution >= 4 is 55.1 Å². The van der Waals surface area contributed by atoms with Crippen LogP contribution in [0.2, 0.25) is 5.02 Å². The molecule has 5 rings (SSSR count). The van der Waals surface area contributed by atoms with E-state index < -0.39 is 28.5 Å². The van der Waals surface area contributed by atoms with Gasteiger partial charge in [0.05, 0.1) is 17.7 Å². The molecule has 0 bridgehead atoms. The average Bonchev–Trinajstić information content (AvgIpc) is 3.10. The molecule has 8 nitrogen and oxygen atoms in total. The molecule has 0 aromatic heterocycles. The van der Waals surface area contributed by atoms with Gasteiger partial charge in [-0.05, 0) is 78.6 Å². The summed E-state index contributed by atoms with van der Waals surface area (Å²) in [5.41, 5.74) is 1.90. The molecule has 0 saturated heterocycles. The monoisotopic (exact) mass is 751 g/mol. The molecule has 0 spiro atoms. The molecule has 4 aromatic carbocycles. The molecular weight excluding hydrogens is 714 g/mol. The van der Waals surface area contributed by atoms with Crippen LogP contribution < -0.4 is 14.4 Å². The van der Waals surface area contributed by atoms with Crippen molar-refractivity contribution in [1.82, 2.24) is 10.2 Å². The van der Waals surface area contributed by atoms with Crippen LogP contribution in [0, 0.1) is 0 Å². The van der Waals surface area contributed by atoms with Gasteiger partial charge in [-0.2, -0.15) is 0 Å². The van der Waals surface area contributed by atoms with Crippen LogP contribution in [0.3, 0.4) is 0 Å². The van der Waals surface area contributed by atoms with Gasteiger partial charge in [0.25, 0.3) is 10.0 Å². The molecule has 1 atom stereocenters. The van der Waals surface area contributed by atoms with E-state index >= 15 is 0 Å². The van der Waals surface area contributed by atoms with E-state index in [1.165, 1.54) is 30.2 Å². The summed E-state index contributed by atoms with van der Waals surface area (Å²) >= 11 is 9.80. The number of halogens is 2. The standard InChI is InChI=1S/C37H39BrClN3O5S/c1-47-33-19-21-34(22-20-33)48(45,46)42(32-14-8-11-30(39)24-32)26-36(43)41(25-28-15-17-29(38)18-16-28)35(23-27-9-4-2-5-10-27)37(44)40-31-12-6-3-7-13-31/h2,4-5,8-11,14-22,24,31,35H,3,6-7,12-13,23,25-26H2,1H3,(H,40,44)/t35-/m1/s1. The summed E-state index contributed by atoms with van der Waals surface area (Å²) in [7, 11) is -2.77. The van der Waals surface area contributed by atoms with Gasteiger partial charge in [-0.25, -0.2) is 8.42 Å². The number of amides is 2. The molecule has 0 unspecified atom stereocenters. The second kappa shape index (κ2) is 16.5. The molecule has 2 amide bonds. The van der Waals surface area contributed by atoms with Crippen molar-refractivity contribution in [2.45, 2.75) is 62.0 Å². The lowest BCUT2D eigenvalue weighted by molar-refractivity contribution is -0.140. The van der Waals surface area contributed by atoms with Crippen molar-refractivity contribution in [2.75, 3.05) is 18.0 Å². The van der Waals surface area contributed by atoms with Crippen molar-refractivity contribution < 1.29 is 22.7 Å². The van der Waals surface area contributed by atoms with Crippen LogP contribution in [0.15, 0.2) is 112 Å². The number of carbonyl (C=O) groups excluding carboxylic acids is 2. The van der Waals surface area contributed by atoms with E-state index in [-0.39, 0.29) is 35.5 Å². The molecule has 1 aliphatic rings. The molecule has 48 heavy (non-hydrogen) atoms. The lowest BCUT2D eigenvalue weighted by atomic mass is 9.94. The van der Waals surface area contributed by atoms with Crippen LogP contribution in [-0.4, -0.2) is 50.9 Å². The maximum atomic E-state index is 14.7. The fraction of sp³-hybridized carbons (Fsp3) is 0.297. The molecule has 0 radical (unpaired) electrons. The molecule has 1 fully saturated rings. The van der Waals surface area contributed by atoms with Gasteiger partial charge in [-0.1, -0.05) is 95.3 Å². The maximum absolute atomic E-state index is 14.7. The van der Waals surface area contributed by atoms with E-state index in [2.05, 4.69) is 21.2 Å². The number of sulfonamides is 1. The Balaban J connectivity index is 1.56. The van der Waals surface area contributed by atoms with Gasteiger partial charge in [0.15, 0.2) is 0 Å². The Bertz CT molecular complexity index is 1780. The third-order valence-corrected chi connectivity index (χ3v) is 11.1. The van der Waals surface area contributed by atoms with Gasteiger partial charge in [0.2, 0.25) is 11.8 Å². The number of methoxy groups -OCH3 is 1. The highest BCUT2D eigenvalue weighted by Crippen LogP contribution is 2.28. The van der Waals surface area contributed by atoms with Crippen molar-refractivity contribution in [3.05, 3.63) is 124 Å². The highest BCUT2D eigenvalue weighted by molar-refractivity contribution is 9.10. The van der Waals surface area contributed by atoms with E-state index in [1.807, 2.05) is 54.6 Å². The fourth-order valence-electron chi connectivity index (χ4n) is 5.92. The largest absolute Gasteiger partial charge is 0.497 e. The summed E-state index contributed by atoms with van der Waals surface area (Å²) in [5, 5.41) is 3.54. The highest BCUT2D eigenvalue weighted by atomic mass is 79.9. The van der Waals surface area contributed by atoms with Gasteiger partial charge < -0.3 is 15.0 Å². The molecule has 1 saturated carbocycles. The summed E-state index contributed by atoms with van der Waals surface area (Å²) in [4.78, 5) is 30.4. The minimum Gasteiger partial charge on any atom is -0.497 e. The molecule has 4 aromatic rings. The van der Waals surface area contributed by atoms with E-state index in [0.717, 1.165) is 52.0 Å². The average molecular weight is 753 g/mol. The fourth-order valence-corrected chi connectivity index (χ4v) is 7.77. The quantitative estimate of drug-likeness (QED) is 0.154. The minimum atomic E-state index is -4.27. The predicted molar refractivity (Wildman–Crippen MR) is 193 cm³/mol. The SMILES string of the molecule is COc1ccc(S(=O)(=O)N(CC(=O)N(Cc2ccc(Br)cc2)[C@H](Cc2ccccc2)C(=O)NC2CCCCC2)c2cccc(Cl)c2)cc1. The summed E-state index contributed by atoms with van der Waals surface area (Å²) in [6, 6.07) is 28.5. The van der Waals surface area contributed by atoms with Crippen LogP contribution in [0.1, 0.15) is 43.2 Å². The Labute approximate surface area is 296 Å². The van der Waals surface area contributed by atoms with E-state index in [4.69, 9.17) is 16.3 Å². The second-order valence-electron chi connectivity index (χ2n) is 11.9. The lowest BCUT2D eigenvalue weighted by Gasteiger charge is -2.35. The van der Waals surface area contributed by atoms with Crippen molar-refractivity contribution in [1.29, 1.82) is 0 Å². The number of hydrogen-bond donors (Lipinski definition) is 1. The number of hydrogen-bond acceptors (Lipinski definition) is 5. The van der Waals surface area contributed by atoms with Gasteiger partial charge in [-0.15, -0.1) is 0 Å². The topological polar surface area (TPSA) is 96.0 Å². The molecule has 252 valence electrons. The Morgan fingerprint density at radius 3 is 2.23 bits per heavy atom. The maximum Gasteiger partial charge on any atom is 0.264 e. The van der Waals surface area contributed by atoms with Crippen LogP contribution >= 0.6 is 27.5 Å². The van der Waals surface area contributed by atoms with E-state index in [9.17, 15) is 18.0 Å². The summed E-state index contributed by atoms with van der Waals surface area (Å²) in [6.07, 6.45) is 5.22. The first kappa shape index (κ1) is 35.4. The van der Waals surface area contributed by atoms with Gasteiger partial charge in [0, 0.05) is 28.5 Å². The molecule has 0 aliphatic heterocycles. The van der Waals surface area contributed by atoms with Crippen LogP contribution in [0.25, 0.3) is 0 Å². The van der Waals surface area contributed by atoms with E-state index in [0.29, 0.717) is 10.8 Å². The number of anilines is 1. The zero-order valence-electron chi connectivity index (χ0n) is 26.7. The van der Waals surface area contributed by atoms with Crippen molar-refractivity contribution in [2.24, 2.45) is 0 Å². The number of nitrogens with one attached hydrogen (secondary N) is 1. The summed E-state index contributed by atoms with van der Waals surface area (Å²) in [5.74, 6) is -0.300. The molecule has 11 heteroatoms. The molecule has 1 aliphatic carbocycles. The number of nitrogens with zero attached hydrogens (tertiary/aromatic N) is 2. The van der Waals surface area contributed by atoms with Gasteiger partial charge in [0.1, 0.15) is 18.3 Å². The zero-order chi connectivity index (χ0) is 34.1. The molecular formula is C37H39BrClN3O5S. The first-order chi connectivity index (χ1) is 23.1. The smallest absolute Gasteiger partial charge is 0.264 e. The van der Waals surface area contributed by atoms with Gasteiger partial charge in [-0.3, -0.25) is 13.9 Å². The Morgan fingerprint density at radius 1 is 0.896 bits per heavy atom. The van der Waals surface area contributed by atoms with Crippen molar-refractivity contribution in [3.8, 4) is 5.75 Å². The number of rotatable bonds is 13. The highest BCUT2D eigenvalue weighted by Gasteiger charge is 2.35. The van der Waals surface area contributed by atoms with Crippen LogP contribution in [-0.2, 0) is 32.6 Å². The summed E-state index contributed by atoms with van der Waals surface area (Å²) in [6.45, 7) is -0.471. The Kier molecular flexibility index (Phi) is 12.2.